The predicted octanol–water partition coefficient (Wildman–Crippen LogP) is 1.46. The number of hydrogen-bond acceptors (Lipinski definition) is 4. The molecule has 1 aromatic rings. The maximum atomic E-state index is 12.0. The van der Waals surface area contributed by atoms with E-state index in [4.69, 9.17) is 0 Å². The molecule has 1 N–H and O–H groups in total. The average Bonchev–Trinajstić information content (AvgIpc) is 2.59. The Labute approximate surface area is 108 Å². The molecule has 0 spiro atoms. The zero-order valence-corrected chi connectivity index (χ0v) is 10.1. The quantitative estimate of drug-likeness (QED) is 0.841. The number of hydrogen-bond donors (Lipinski definition) is 1. The van der Waals surface area contributed by atoms with E-state index in [9.17, 15) is 18.4 Å². The Balaban J connectivity index is 2.00. The predicted molar refractivity (Wildman–Crippen MR) is 62.9 cm³/mol. The van der Waals surface area contributed by atoms with Gasteiger partial charge in [0.2, 0.25) is 5.91 Å². The highest BCUT2D eigenvalue weighted by molar-refractivity contribution is 6.06. The van der Waals surface area contributed by atoms with Crippen LogP contribution in [0.5, 0.6) is 5.75 Å². The largest absolute Gasteiger partial charge is 0.435 e. The zero-order valence-electron chi connectivity index (χ0n) is 10.1. The van der Waals surface area contributed by atoms with Crippen LogP contribution in [0.25, 0.3) is 0 Å². The lowest BCUT2D eigenvalue weighted by atomic mass is 10.2. The molecule has 0 radical (unpaired) electrons. The van der Waals surface area contributed by atoms with E-state index in [0.29, 0.717) is 5.69 Å². The lowest BCUT2D eigenvalue weighted by molar-refractivity contribution is -0.136. The van der Waals surface area contributed by atoms with E-state index in [1.807, 2.05) is 0 Å². The highest BCUT2D eigenvalue weighted by Crippen LogP contribution is 2.21. The number of likely N-dealkylation sites (N-methyl/N-ethyl adjacent to an activating group) is 1. The number of halogens is 2. The lowest BCUT2D eigenvalue weighted by Crippen LogP contribution is -2.31. The summed E-state index contributed by atoms with van der Waals surface area (Å²) in [5.41, 5.74) is 0.558. The smallest absolute Gasteiger partial charge is 0.387 e. The number of ether oxygens (including phenoxy) is 1. The molecule has 7 heteroatoms. The molecule has 1 atom stereocenters. The molecule has 2 amide bonds. The van der Waals surface area contributed by atoms with E-state index >= 15 is 0 Å². The van der Waals surface area contributed by atoms with Gasteiger partial charge in [0.05, 0.1) is 6.42 Å². The summed E-state index contributed by atoms with van der Waals surface area (Å²) >= 11 is 0. The first-order valence-electron chi connectivity index (χ1n) is 5.59. The minimum atomic E-state index is -2.87. The van der Waals surface area contributed by atoms with Crippen LogP contribution in [0.2, 0.25) is 0 Å². The van der Waals surface area contributed by atoms with Crippen LogP contribution in [0.3, 0.4) is 0 Å². The fourth-order valence-corrected chi connectivity index (χ4v) is 1.80. The summed E-state index contributed by atoms with van der Waals surface area (Å²) in [6, 6.07) is 5.12. The van der Waals surface area contributed by atoms with Crippen LogP contribution in [-0.4, -0.2) is 36.4 Å². The summed E-state index contributed by atoms with van der Waals surface area (Å²) in [5.74, 6) is -0.524. The molecule has 2 rings (SSSR count). The molecule has 102 valence electrons. The van der Waals surface area contributed by atoms with Gasteiger partial charge >= 0.3 is 6.61 Å². The van der Waals surface area contributed by atoms with Crippen LogP contribution in [0.4, 0.5) is 14.5 Å². The van der Waals surface area contributed by atoms with Crippen molar-refractivity contribution in [2.75, 3.05) is 12.4 Å². The Bertz CT molecular complexity index is 490. The Hall–Kier alpha value is -2.18. The summed E-state index contributed by atoms with van der Waals surface area (Å²) in [6.45, 7) is -2.87. The van der Waals surface area contributed by atoms with Gasteiger partial charge in [-0.05, 0) is 24.3 Å². The number of nitrogens with one attached hydrogen (secondary N) is 1. The molecular formula is C12H12F2N2O3. The van der Waals surface area contributed by atoms with E-state index in [2.05, 4.69) is 10.1 Å². The van der Waals surface area contributed by atoms with Gasteiger partial charge in [-0.3, -0.25) is 14.5 Å². The second kappa shape index (κ2) is 5.21. The molecule has 1 aromatic carbocycles. The molecule has 1 heterocycles. The summed E-state index contributed by atoms with van der Waals surface area (Å²) in [4.78, 5) is 24.0. The first-order valence-corrected chi connectivity index (χ1v) is 5.59. The van der Waals surface area contributed by atoms with Crippen molar-refractivity contribution in [1.82, 2.24) is 4.90 Å². The lowest BCUT2D eigenvalue weighted by Gasteiger charge is -2.12. The number of imide groups is 1. The summed E-state index contributed by atoms with van der Waals surface area (Å²) in [7, 11) is 1.42. The molecule has 1 unspecified atom stereocenters. The number of carbonyl (C=O) groups is 2. The van der Waals surface area contributed by atoms with Crippen molar-refractivity contribution >= 4 is 17.5 Å². The SMILES string of the molecule is CN1C(=O)CC(Nc2ccc(OC(F)F)cc2)C1=O. The minimum absolute atomic E-state index is 0.0338. The van der Waals surface area contributed by atoms with Crippen LogP contribution in [0, 0.1) is 0 Å². The average molecular weight is 270 g/mol. The topological polar surface area (TPSA) is 58.6 Å². The highest BCUT2D eigenvalue weighted by Gasteiger charge is 2.35. The van der Waals surface area contributed by atoms with Gasteiger partial charge in [0.15, 0.2) is 0 Å². The van der Waals surface area contributed by atoms with Crippen LogP contribution in [0.1, 0.15) is 6.42 Å². The summed E-state index contributed by atoms with van der Waals surface area (Å²) in [6.07, 6.45) is 0.0879. The Morgan fingerprint density at radius 1 is 1.32 bits per heavy atom. The molecular weight excluding hydrogens is 258 g/mol. The van der Waals surface area contributed by atoms with Crippen molar-refractivity contribution in [2.45, 2.75) is 19.1 Å². The van der Waals surface area contributed by atoms with Crippen molar-refractivity contribution in [3.8, 4) is 5.75 Å². The number of nitrogens with zero attached hydrogens (tertiary/aromatic N) is 1. The minimum Gasteiger partial charge on any atom is -0.435 e. The van der Waals surface area contributed by atoms with Crippen molar-refractivity contribution in [1.29, 1.82) is 0 Å². The Kier molecular flexibility index (Phi) is 3.64. The standard InChI is InChI=1S/C12H12F2N2O3/c1-16-10(17)6-9(11(16)18)15-7-2-4-8(5-3-7)19-12(13)14/h2-5,9,12,15H,6H2,1H3. The zero-order chi connectivity index (χ0) is 14.0. The van der Waals surface area contributed by atoms with E-state index < -0.39 is 12.7 Å². The molecule has 0 aromatic heterocycles. The van der Waals surface area contributed by atoms with Gasteiger partial charge in [0, 0.05) is 12.7 Å². The Morgan fingerprint density at radius 2 is 1.95 bits per heavy atom. The van der Waals surface area contributed by atoms with Crippen LogP contribution < -0.4 is 10.1 Å². The van der Waals surface area contributed by atoms with Gasteiger partial charge in [0.1, 0.15) is 11.8 Å². The van der Waals surface area contributed by atoms with Gasteiger partial charge < -0.3 is 10.1 Å². The number of benzene rings is 1. The maximum absolute atomic E-state index is 12.0. The maximum Gasteiger partial charge on any atom is 0.387 e. The van der Waals surface area contributed by atoms with Crippen molar-refractivity contribution in [3.05, 3.63) is 24.3 Å². The van der Waals surface area contributed by atoms with Crippen LogP contribution in [0.15, 0.2) is 24.3 Å². The summed E-state index contributed by atoms with van der Waals surface area (Å²) in [5, 5.41) is 2.88. The van der Waals surface area contributed by atoms with E-state index in [-0.39, 0.29) is 24.0 Å². The first kappa shape index (κ1) is 13.3. The fraction of sp³-hybridized carbons (Fsp3) is 0.333. The number of amides is 2. The highest BCUT2D eigenvalue weighted by atomic mass is 19.3. The number of likely N-dealkylation sites (tertiary alicyclic amines) is 1. The molecule has 0 bridgehead atoms. The number of carbonyl (C=O) groups excluding carboxylic acids is 2. The normalized spacial score (nSPS) is 19.2. The molecule has 1 saturated heterocycles. The number of alkyl halides is 2. The third kappa shape index (κ3) is 2.98. The second-order valence-corrected chi connectivity index (χ2v) is 4.09. The van der Waals surface area contributed by atoms with Gasteiger partial charge in [-0.15, -0.1) is 0 Å². The van der Waals surface area contributed by atoms with Gasteiger partial charge in [-0.2, -0.15) is 8.78 Å². The van der Waals surface area contributed by atoms with Crippen molar-refractivity contribution in [2.24, 2.45) is 0 Å². The first-order chi connectivity index (χ1) is 8.97. The fourth-order valence-electron chi connectivity index (χ4n) is 1.80. The third-order valence-corrected chi connectivity index (χ3v) is 2.80. The number of anilines is 1. The van der Waals surface area contributed by atoms with E-state index in [0.717, 1.165) is 4.90 Å². The molecule has 1 aliphatic rings. The second-order valence-electron chi connectivity index (χ2n) is 4.09. The third-order valence-electron chi connectivity index (χ3n) is 2.80. The van der Waals surface area contributed by atoms with Crippen LogP contribution >= 0.6 is 0 Å². The Morgan fingerprint density at radius 3 is 2.42 bits per heavy atom. The molecule has 0 saturated carbocycles. The van der Waals surface area contributed by atoms with E-state index in [1.54, 1.807) is 0 Å². The van der Waals surface area contributed by atoms with Crippen LogP contribution in [-0.2, 0) is 9.59 Å². The van der Waals surface area contributed by atoms with E-state index in [1.165, 1.54) is 31.3 Å². The van der Waals surface area contributed by atoms with Crippen molar-refractivity contribution < 1.29 is 23.1 Å². The molecule has 0 aliphatic carbocycles. The summed E-state index contributed by atoms with van der Waals surface area (Å²) < 4.78 is 28.1. The van der Waals surface area contributed by atoms with Crippen molar-refractivity contribution in [3.63, 3.8) is 0 Å². The monoisotopic (exact) mass is 270 g/mol. The number of rotatable bonds is 4. The molecule has 5 nitrogen and oxygen atoms in total. The molecule has 1 fully saturated rings. The van der Waals surface area contributed by atoms with Gasteiger partial charge in [0.25, 0.3) is 5.91 Å². The van der Waals surface area contributed by atoms with Gasteiger partial charge in [-0.25, -0.2) is 0 Å². The molecule has 19 heavy (non-hydrogen) atoms. The molecule has 1 aliphatic heterocycles. The van der Waals surface area contributed by atoms with Gasteiger partial charge in [-0.1, -0.05) is 0 Å².